The van der Waals surface area contributed by atoms with Gasteiger partial charge in [0.15, 0.2) is 5.78 Å². The van der Waals surface area contributed by atoms with Gasteiger partial charge in [0.25, 0.3) is 0 Å². The summed E-state index contributed by atoms with van der Waals surface area (Å²) in [6.07, 6.45) is 1.25. The molecular formula is C22H21NO4. The minimum atomic E-state index is -0.268. The van der Waals surface area contributed by atoms with Gasteiger partial charge in [-0.3, -0.25) is 9.59 Å². The topological polar surface area (TPSA) is 64.6 Å². The highest BCUT2D eigenvalue weighted by Crippen LogP contribution is 2.40. The smallest absolute Gasteiger partial charge is 0.319 e. The Bertz CT molecular complexity index is 945. The third-order valence-corrected chi connectivity index (χ3v) is 5.02. The first-order chi connectivity index (χ1) is 13.2. The molecule has 0 radical (unpaired) electrons. The number of benzene rings is 2. The minimum Gasteiger partial charge on any atom is -0.487 e. The Morgan fingerprint density at radius 1 is 1.15 bits per heavy atom. The molecule has 0 spiro atoms. The van der Waals surface area contributed by atoms with E-state index in [1.54, 1.807) is 0 Å². The second-order valence-corrected chi connectivity index (χ2v) is 6.74. The second kappa shape index (κ2) is 7.37. The van der Waals surface area contributed by atoms with Gasteiger partial charge in [0.2, 0.25) is 0 Å². The lowest BCUT2D eigenvalue weighted by atomic mass is 9.98. The number of nitrogens with one attached hydrogen (secondary N) is 1. The normalized spacial score (nSPS) is 17.4. The molecule has 0 bridgehead atoms. The molecule has 5 heteroatoms. The molecule has 1 aliphatic heterocycles. The summed E-state index contributed by atoms with van der Waals surface area (Å²) >= 11 is 0. The van der Waals surface area contributed by atoms with Crippen LogP contribution < -0.4 is 5.32 Å². The zero-order valence-electron chi connectivity index (χ0n) is 15.2. The zero-order valence-corrected chi connectivity index (χ0v) is 15.2. The Balaban J connectivity index is 1.54. The van der Waals surface area contributed by atoms with Crippen LogP contribution in [-0.4, -0.2) is 32.0 Å². The first-order valence-electron chi connectivity index (χ1n) is 9.05. The fourth-order valence-electron chi connectivity index (χ4n) is 3.65. The number of carbonyl (C=O) groups excluding carboxylic acids is 2. The van der Waals surface area contributed by atoms with Crippen LogP contribution >= 0.6 is 0 Å². The van der Waals surface area contributed by atoms with Crippen LogP contribution in [0.5, 0.6) is 0 Å². The van der Waals surface area contributed by atoms with Crippen LogP contribution in [0, 0.1) is 0 Å². The van der Waals surface area contributed by atoms with Gasteiger partial charge in [0.05, 0.1) is 19.2 Å². The lowest BCUT2D eigenvalue weighted by Crippen LogP contribution is -2.25. The summed E-state index contributed by atoms with van der Waals surface area (Å²) in [5.74, 6) is 0.556. The average molecular weight is 363 g/mol. The highest BCUT2D eigenvalue weighted by Gasteiger charge is 2.32. The molecule has 0 aromatic heterocycles. The van der Waals surface area contributed by atoms with Gasteiger partial charge >= 0.3 is 5.97 Å². The summed E-state index contributed by atoms with van der Waals surface area (Å²) in [5, 5.41) is 3.06. The molecule has 1 heterocycles. The number of ketones is 1. The molecule has 138 valence electrons. The van der Waals surface area contributed by atoms with E-state index in [4.69, 9.17) is 4.74 Å². The average Bonchev–Trinajstić information content (AvgIpc) is 3.24. The molecule has 0 saturated carbocycles. The van der Waals surface area contributed by atoms with E-state index in [1.807, 2.05) is 30.3 Å². The molecule has 0 atom stereocenters. The van der Waals surface area contributed by atoms with Crippen LogP contribution in [0.2, 0.25) is 0 Å². The maximum Gasteiger partial charge on any atom is 0.319 e. The number of hydrogen-bond acceptors (Lipinski definition) is 5. The molecule has 1 aliphatic carbocycles. The van der Waals surface area contributed by atoms with Crippen molar-refractivity contribution in [2.45, 2.75) is 19.4 Å². The van der Waals surface area contributed by atoms with Crippen molar-refractivity contribution in [1.29, 1.82) is 0 Å². The van der Waals surface area contributed by atoms with Gasteiger partial charge < -0.3 is 14.8 Å². The summed E-state index contributed by atoms with van der Waals surface area (Å²) in [4.78, 5) is 23.7. The first-order valence-corrected chi connectivity index (χ1v) is 9.05. The Kier molecular flexibility index (Phi) is 4.77. The minimum absolute atomic E-state index is 0.120. The highest BCUT2D eigenvalue weighted by molar-refractivity contribution is 6.31. The number of methoxy groups -OCH3 is 1. The van der Waals surface area contributed by atoms with Crippen LogP contribution in [0.4, 0.5) is 0 Å². The fourth-order valence-corrected chi connectivity index (χ4v) is 3.65. The Hall–Kier alpha value is -2.92. The van der Waals surface area contributed by atoms with Gasteiger partial charge in [-0.05, 0) is 29.7 Å². The number of ether oxygens (including phenoxy) is 2. The van der Waals surface area contributed by atoms with Crippen molar-refractivity contribution in [3.63, 3.8) is 0 Å². The Morgan fingerprint density at radius 2 is 2.00 bits per heavy atom. The van der Waals surface area contributed by atoms with Gasteiger partial charge in [-0.25, -0.2) is 0 Å². The third-order valence-electron chi connectivity index (χ3n) is 5.02. The number of Topliss-reactive ketones (excluding diaryl/α,β-unsaturated/α-hetero) is 1. The highest BCUT2D eigenvalue weighted by atomic mass is 16.5. The maximum absolute atomic E-state index is 12.6. The molecule has 4 rings (SSSR count). The molecule has 0 saturated heterocycles. The van der Waals surface area contributed by atoms with Crippen LogP contribution in [0.1, 0.15) is 27.8 Å². The number of fused-ring (bicyclic) bond motifs is 2. The zero-order chi connectivity index (χ0) is 18.8. The van der Waals surface area contributed by atoms with E-state index >= 15 is 0 Å². The van der Waals surface area contributed by atoms with E-state index in [0.717, 1.165) is 28.7 Å². The van der Waals surface area contributed by atoms with Crippen LogP contribution in [0.25, 0.3) is 11.3 Å². The summed E-state index contributed by atoms with van der Waals surface area (Å²) in [6.45, 7) is 1.38. The van der Waals surface area contributed by atoms with E-state index in [2.05, 4.69) is 22.2 Å². The van der Waals surface area contributed by atoms with Crippen molar-refractivity contribution in [1.82, 2.24) is 5.32 Å². The lowest BCUT2D eigenvalue weighted by Gasteiger charge is -2.07. The first kappa shape index (κ1) is 17.5. The predicted molar refractivity (Wildman–Crippen MR) is 102 cm³/mol. The molecule has 27 heavy (non-hydrogen) atoms. The standard InChI is InChI=1S/C22H21NO4/c1-26-20(25)12-23-9-8-14-6-7-18-16(10-14)13-27-22(18)21-17-5-3-2-4-15(17)11-19(21)24/h2-7,10,23H,8-9,11-13H2,1H3/b22-21+. The van der Waals surface area contributed by atoms with E-state index in [9.17, 15) is 9.59 Å². The monoisotopic (exact) mass is 363 g/mol. The Labute approximate surface area is 158 Å². The van der Waals surface area contributed by atoms with Crippen molar-refractivity contribution in [3.05, 3.63) is 70.3 Å². The molecule has 2 aromatic carbocycles. The number of rotatable bonds is 5. The van der Waals surface area contributed by atoms with Gasteiger partial charge in [-0.1, -0.05) is 42.5 Å². The number of esters is 1. The van der Waals surface area contributed by atoms with Gasteiger partial charge in [-0.15, -0.1) is 0 Å². The summed E-state index contributed by atoms with van der Waals surface area (Å²) in [7, 11) is 1.38. The SMILES string of the molecule is COC(=O)CNCCc1ccc2c(c1)CO/C2=C1/C(=O)Cc2ccccc21. The number of hydrogen-bond donors (Lipinski definition) is 1. The van der Waals surface area contributed by atoms with Gasteiger partial charge in [0, 0.05) is 17.5 Å². The van der Waals surface area contributed by atoms with Crippen LogP contribution in [-0.2, 0) is 38.5 Å². The quantitative estimate of drug-likeness (QED) is 0.502. The molecule has 2 aliphatic rings. The van der Waals surface area contributed by atoms with Crippen molar-refractivity contribution < 1.29 is 19.1 Å². The fraction of sp³-hybridized carbons (Fsp3) is 0.273. The maximum atomic E-state index is 12.6. The summed E-state index contributed by atoms with van der Waals surface area (Å²) < 4.78 is 10.5. The summed E-state index contributed by atoms with van der Waals surface area (Å²) in [5.41, 5.74) is 6.02. The molecule has 2 aromatic rings. The van der Waals surface area contributed by atoms with Crippen molar-refractivity contribution in [2.75, 3.05) is 20.2 Å². The van der Waals surface area contributed by atoms with Gasteiger partial charge in [0.1, 0.15) is 12.4 Å². The number of carbonyl (C=O) groups is 2. The predicted octanol–water partition coefficient (Wildman–Crippen LogP) is 2.52. The van der Waals surface area contributed by atoms with E-state index in [0.29, 0.717) is 30.9 Å². The molecular weight excluding hydrogens is 342 g/mol. The van der Waals surface area contributed by atoms with Crippen LogP contribution in [0.15, 0.2) is 42.5 Å². The lowest BCUT2D eigenvalue weighted by molar-refractivity contribution is -0.139. The molecule has 0 unspecified atom stereocenters. The second-order valence-electron chi connectivity index (χ2n) is 6.74. The molecule has 0 amide bonds. The van der Waals surface area contributed by atoms with Crippen molar-refractivity contribution in [2.24, 2.45) is 0 Å². The molecule has 5 nitrogen and oxygen atoms in total. The summed E-state index contributed by atoms with van der Waals surface area (Å²) in [6, 6.07) is 14.1. The van der Waals surface area contributed by atoms with Crippen molar-refractivity contribution in [3.8, 4) is 0 Å². The van der Waals surface area contributed by atoms with E-state index < -0.39 is 0 Å². The third kappa shape index (κ3) is 3.38. The molecule has 1 N–H and O–H groups in total. The number of allylic oxidation sites excluding steroid dienone is 1. The van der Waals surface area contributed by atoms with Gasteiger partial charge in [-0.2, -0.15) is 0 Å². The van der Waals surface area contributed by atoms with E-state index in [-0.39, 0.29) is 18.3 Å². The Morgan fingerprint density at radius 3 is 2.85 bits per heavy atom. The van der Waals surface area contributed by atoms with E-state index in [1.165, 1.54) is 12.7 Å². The largest absolute Gasteiger partial charge is 0.487 e. The molecule has 0 fully saturated rings. The van der Waals surface area contributed by atoms with Crippen molar-refractivity contribution >= 4 is 23.1 Å². The van der Waals surface area contributed by atoms with Crippen LogP contribution in [0.3, 0.4) is 0 Å².